The number of hydrogen-bond acceptors (Lipinski definition) is 3. The molecule has 0 aromatic heterocycles. The normalized spacial score (nSPS) is 22.5. The monoisotopic (exact) mass is 267 g/mol. The predicted molar refractivity (Wildman–Crippen MR) is 68.3 cm³/mol. The van der Waals surface area contributed by atoms with Gasteiger partial charge in [-0.3, -0.25) is 4.79 Å². The van der Waals surface area contributed by atoms with E-state index in [1.165, 1.54) is 0 Å². The summed E-state index contributed by atoms with van der Waals surface area (Å²) in [6.45, 7) is 1.72. The molecule has 4 nitrogen and oxygen atoms in total. The molecule has 1 aromatic carbocycles. The summed E-state index contributed by atoms with van der Waals surface area (Å²) in [5.74, 6) is 0.719. The zero-order valence-electron chi connectivity index (χ0n) is 9.89. The van der Waals surface area contributed by atoms with Crippen molar-refractivity contribution < 1.29 is 14.3 Å². The second-order valence-electron chi connectivity index (χ2n) is 4.45. The van der Waals surface area contributed by atoms with Crippen molar-refractivity contribution in [3.05, 3.63) is 23.2 Å². The van der Waals surface area contributed by atoms with E-state index in [2.05, 4.69) is 0 Å². The Hall–Kier alpha value is -1.26. The topological polar surface area (TPSA) is 38.8 Å². The smallest absolute Gasteiger partial charge is 0.256 e. The van der Waals surface area contributed by atoms with Gasteiger partial charge in [-0.25, -0.2) is 0 Å². The summed E-state index contributed by atoms with van der Waals surface area (Å²) in [4.78, 5) is 14.1. The maximum absolute atomic E-state index is 12.4. The van der Waals surface area contributed by atoms with Crippen molar-refractivity contribution in [2.24, 2.45) is 0 Å². The Kier molecular flexibility index (Phi) is 3.14. The number of fused-ring (bicyclic) bond motifs is 1. The Bertz CT molecular complexity index is 471. The molecule has 1 saturated heterocycles. The van der Waals surface area contributed by atoms with E-state index in [0.717, 1.165) is 18.5 Å². The van der Waals surface area contributed by atoms with Gasteiger partial charge < -0.3 is 14.4 Å². The Morgan fingerprint density at radius 2 is 2.28 bits per heavy atom. The highest BCUT2D eigenvalue weighted by atomic mass is 35.5. The quantitative estimate of drug-likeness (QED) is 0.783. The third-order valence-corrected chi connectivity index (χ3v) is 3.49. The van der Waals surface area contributed by atoms with Crippen molar-refractivity contribution in [3.63, 3.8) is 0 Å². The molecule has 1 amide bonds. The van der Waals surface area contributed by atoms with Gasteiger partial charge in [0.05, 0.1) is 12.2 Å². The number of halogens is 1. The summed E-state index contributed by atoms with van der Waals surface area (Å²) in [6.07, 6.45) is 1.44. The van der Waals surface area contributed by atoms with Crippen LogP contribution in [0.1, 0.15) is 12.8 Å². The molecular formula is C13H14ClNO3. The second kappa shape index (κ2) is 4.78. The minimum Gasteiger partial charge on any atom is -0.490 e. The van der Waals surface area contributed by atoms with Crippen LogP contribution in [0.15, 0.2) is 18.2 Å². The summed E-state index contributed by atoms with van der Waals surface area (Å²) >= 11 is 5.98. The van der Waals surface area contributed by atoms with Crippen LogP contribution in [0.25, 0.3) is 0 Å². The van der Waals surface area contributed by atoms with Crippen molar-refractivity contribution in [3.8, 4) is 5.75 Å². The van der Waals surface area contributed by atoms with E-state index in [-0.39, 0.29) is 12.0 Å². The summed E-state index contributed by atoms with van der Waals surface area (Å²) < 4.78 is 11.0. The lowest BCUT2D eigenvalue weighted by molar-refractivity contribution is -0.127. The molecule has 3 rings (SSSR count). The molecule has 18 heavy (non-hydrogen) atoms. The van der Waals surface area contributed by atoms with Crippen molar-refractivity contribution in [1.29, 1.82) is 0 Å². The highest BCUT2D eigenvalue weighted by Crippen LogP contribution is 2.35. The number of ether oxygens (including phenoxy) is 2. The molecule has 1 aromatic rings. The summed E-state index contributed by atoms with van der Waals surface area (Å²) in [6, 6.07) is 5.33. The maximum atomic E-state index is 12.4. The number of hydrogen-bond donors (Lipinski definition) is 0. The van der Waals surface area contributed by atoms with Crippen LogP contribution in [0.3, 0.4) is 0 Å². The van der Waals surface area contributed by atoms with Gasteiger partial charge >= 0.3 is 0 Å². The average molecular weight is 268 g/mol. The van der Waals surface area contributed by atoms with Gasteiger partial charge in [-0.2, -0.15) is 0 Å². The minimum absolute atomic E-state index is 0.0133. The van der Waals surface area contributed by atoms with Gasteiger partial charge in [0.25, 0.3) is 5.91 Å². The van der Waals surface area contributed by atoms with Gasteiger partial charge in [0.2, 0.25) is 0 Å². The van der Waals surface area contributed by atoms with E-state index in [9.17, 15) is 4.79 Å². The van der Waals surface area contributed by atoms with Crippen LogP contribution < -0.4 is 9.64 Å². The number of nitrogens with zero attached hydrogens (tertiary/aromatic N) is 1. The first kappa shape index (κ1) is 11.8. The molecule has 0 N–H and O–H groups in total. The molecule has 5 heteroatoms. The predicted octanol–water partition coefficient (Wildman–Crippen LogP) is 2.24. The fourth-order valence-electron chi connectivity index (χ4n) is 2.37. The van der Waals surface area contributed by atoms with Gasteiger partial charge in [0.1, 0.15) is 18.5 Å². The third-order valence-electron chi connectivity index (χ3n) is 3.26. The molecule has 0 bridgehead atoms. The first-order valence-corrected chi connectivity index (χ1v) is 6.49. The van der Waals surface area contributed by atoms with Crippen LogP contribution >= 0.6 is 11.6 Å². The standard InChI is InChI=1S/C13H14ClNO3/c14-9-3-4-11-10(8-9)15(5-7-18-11)13(16)12-2-1-6-17-12/h3-4,8,12H,1-2,5-7H2. The minimum atomic E-state index is -0.310. The van der Waals surface area contributed by atoms with E-state index >= 15 is 0 Å². The maximum Gasteiger partial charge on any atom is 0.256 e. The number of carbonyl (C=O) groups excluding carboxylic acids is 1. The summed E-state index contributed by atoms with van der Waals surface area (Å²) in [5.41, 5.74) is 0.745. The Morgan fingerprint density at radius 1 is 1.39 bits per heavy atom. The highest BCUT2D eigenvalue weighted by molar-refractivity contribution is 6.31. The van der Waals surface area contributed by atoms with E-state index in [1.54, 1.807) is 23.1 Å². The molecule has 1 fully saturated rings. The molecule has 96 valence electrons. The third kappa shape index (κ3) is 2.06. The van der Waals surface area contributed by atoms with E-state index in [4.69, 9.17) is 21.1 Å². The molecule has 2 aliphatic heterocycles. The molecule has 0 spiro atoms. The Labute approximate surface area is 110 Å². The molecule has 0 aliphatic carbocycles. The number of benzene rings is 1. The first-order valence-electron chi connectivity index (χ1n) is 6.11. The van der Waals surface area contributed by atoms with Crippen molar-refractivity contribution >= 4 is 23.2 Å². The van der Waals surface area contributed by atoms with Crippen molar-refractivity contribution in [2.45, 2.75) is 18.9 Å². The fourth-order valence-corrected chi connectivity index (χ4v) is 2.53. The van der Waals surface area contributed by atoms with Crippen LogP contribution in [0, 0.1) is 0 Å². The second-order valence-corrected chi connectivity index (χ2v) is 4.89. The SMILES string of the molecule is O=C(C1CCCO1)N1CCOc2ccc(Cl)cc21. The van der Waals surface area contributed by atoms with Gasteiger partial charge in [-0.1, -0.05) is 11.6 Å². The van der Waals surface area contributed by atoms with Gasteiger partial charge in [0.15, 0.2) is 0 Å². The van der Waals surface area contributed by atoms with Crippen LogP contribution in [0.5, 0.6) is 5.75 Å². The summed E-state index contributed by atoms with van der Waals surface area (Å²) in [7, 11) is 0. The molecule has 0 radical (unpaired) electrons. The van der Waals surface area contributed by atoms with Crippen LogP contribution in [0.2, 0.25) is 5.02 Å². The van der Waals surface area contributed by atoms with Crippen LogP contribution in [0.4, 0.5) is 5.69 Å². The lowest BCUT2D eigenvalue weighted by Gasteiger charge is -2.31. The Morgan fingerprint density at radius 3 is 3.06 bits per heavy atom. The van der Waals surface area contributed by atoms with E-state index < -0.39 is 0 Å². The zero-order valence-corrected chi connectivity index (χ0v) is 10.7. The molecular weight excluding hydrogens is 254 g/mol. The molecule has 2 heterocycles. The Balaban J connectivity index is 1.90. The highest BCUT2D eigenvalue weighted by Gasteiger charge is 2.32. The molecule has 0 saturated carbocycles. The van der Waals surface area contributed by atoms with Crippen molar-refractivity contribution in [2.75, 3.05) is 24.7 Å². The number of anilines is 1. The summed E-state index contributed by atoms with van der Waals surface area (Å²) in [5, 5.41) is 0.601. The van der Waals surface area contributed by atoms with E-state index in [0.29, 0.717) is 30.5 Å². The molecule has 1 atom stereocenters. The van der Waals surface area contributed by atoms with Gasteiger partial charge in [-0.15, -0.1) is 0 Å². The zero-order chi connectivity index (χ0) is 12.5. The average Bonchev–Trinajstić information content (AvgIpc) is 2.91. The van der Waals surface area contributed by atoms with Crippen molar-refractivity contribution in [1.82, 2.24) is 0 Å². The lowest BCUT2D eigenvalue weighted by atomic mass is 10.1. The largest absolute Gasteiger partial charge is 0.490 e. The number of carbonyl (C=O) groups is 1. The van der Waals surface area contributed by atoms with Gasteiger partial charge in [0, 0.05) is 11.6 Å². The fraction of sp³-hybridized carbons (Fsp3) is 0.462. The number of rotatable bonds is 1. The van der Waals surface area contributed by atoms with E-state index in [1.807, 2.05) is 0 Å². The first-order chi connectivity index (χ1) is 8.75. The van der Waals surface area contributed by atoms with Gasteiger partial charge in [-0.05, 0) is 31.0 Å². The molecule has 2 aliphatic rings. The lowest BCUT2D eigenvalue weighted by Crippen LogP contribution is -2.43. The molecule has 1 unspecified atom stereocenters. The number of amides is 1. The van der Waals surface area contributed by atoms with Crippen LogP contribution in [-0.2, 0) is 9.53 Å². The van der Waals surface area contributed by atoms with Crippen LogP contribution in [-0.4, -0.2) is 31.8 Å².